The highest BCUT2D eigenvalue weighted by atomic mass is 16.5. The molecule has 41 heavy (non-hydrogen) atoms. The zero-order chi connectivity index (χ0) is 28.0. The SMILES string of the molecule is COc1ccc(C(=O)N[C@@H]2CCCN(c3cncc(Nc4ccc(C5CCN(C6CCCC6)CC5)cc4)n3)C2)cc1. The molecule has 3 aromatic rings. The summed E-state index contributed by atoms with van der Waals surface area (Å²) >= 11 is 0. The van der Waals surface area contributed by atoms with E-state index in [4.69, 9.17) is 9.72 Å². The van der Waals surface area contributed by atoms with Crippen molar-refractivity contribution in [3.05, 3.63) is 72.1 Å². The fourth-order valence-corrected chi connectivity index (χ4v) is 6.74. The molecule has 2 aliphatic heterocycles. The third-order valence-corrected chi connectivity index (χ3v) is 9.08. The second-order valence-electron chi connectivity index (χ2n) is 11.7. The number of hydrogen-bond donors (Lipinski definition) is 2. The van der Waals surface area contributed by atoms with Gasteiger partial charge in [-0.05, 0) is 99.5 Å². The van der Waals surface area contributed by atoms with Crippen LogP contribution >= 0.6 is 0 Å². The first-order chi connectivity index (χ1) is 20.1. The largest absolute Gasteiger partial charge is 0.497 e. The zero-order valence-electron chi connectivity index (χ0n) is 24.1. The molecule has 2 saturated heterocycles. The minimum absolute atomic E-state index is 0.0503. The second kappa shape index (κ2) is 12.9. The van der Waals surface area contributed by atoms with E-state index in [1.165, 1.54) is 57.2 Å². The third-order valence-electron chi connectivity index (χ3n) is 9.08. The maximum absolute atomic E-state index is 12.8. The Morgan fingerprint density at radius 3 is 2.37 bits per heavy atom. The van der Waals surface area contributed by atoms with E-state index in [1.807, 2.05) is 12.1 Å². The zero-order valence-corrected chi connectivity index (χ0v) is 24.1. The first-order valence-electron chi connectivity index (χ1n) is 15.3. The molecule has 0 bridgehead atoms. The molecular weight excluding hydrogens is 512 g/mol. The summed E-state index contributed by atoms with van der Waals surface area (Å²) in [5.74, 6) is 2.88. The highest BCUT2D eigenvalue weighted by molar-refractivity contribution is 5.94. The maximum Gasteiger partial charge on any atom is 0.251 e. The highest BCUT2D eigenvalue weighted by Crippen LogP contribution is 2.33. The number of nitrogens with zero attached hydrogens (tertiary/aromatic N) is 4. The van der Waals surface area contributed by atoms with Crippen LogP contribution in [0.1, 0.15) is 73.2 Å². The van der Waals surface area contributed by atoms with Crippen molar-refractivity contribution < 1.29 is 9.53 Å². The fourth-order valence-electron chi connectivity index (χ4n) is 6.74. The molecule has 3 aliphatic rings. The predicted octanol–water partition coefficient (Wildman–Crippen LogP) is 5.75. The van der Waals surface area contributed by atoms with Crippen molar-refractivity contribution in [2.24, 2.45) is 0 Å². The number of rotatable bonds is 8. The number of anilines is 3. The summed E-state index contributed by atoms with van der Waals surface area (Å²) < 4.78 is 5.20. The number of benzene rings is 2. The quantitative estimate of drug-likeness (QED) is 0.367. The summed E-state index contributed by atoms with van der Waals surface area (Å²) in [6.45, 7) is 4.07. The van der Waals surface area contributed by atoms with Gasteiger partial charge in [-0.1, -0.05) is 25.0 Å². The number of aromatic nitrogens is 2. The van der Waals surface area contributed by atoms with Crippen LogP contribution in [0.25, 0.3) is 0 Å². The predicted molar refractivity (Wildman–Crippen MR) is 163 cm³/mol. The summed E-state index contributed by atoms with van der Waals surface area (Å²) in [5.41, 5.74) is 3.10. The van der Waals surface area contributed by atoms with Crippen molar-refractivity contribution in [2.75, 3.05) is 43.5 Å². The lowest BCUT2D eigenvalue weighted by molar-refractivity contribution is 0.0933. The molecule has 1 aromatic heterocycles. The molecular formula is C33H42N6O2. The first-order valence-corrected chi connectivity index (χ1v) is 15.3. The van der Waals surface area contributed by atoms with Crippen molar-refractivity contribution in [1.82, 2.24) is 20.2 Å². The summed E-state index contributed by atoms with van der Waals surface area (Å²) in [6.07, 6.45) is 13.6. The molecule has 8 nitrogen and oxygen atoms in total. The van der Waals surface area contributed by atoms with Crippen LogP contribution in [0.5, 0.6) is 5.75 Å². The molecule has 3 heterocycles. The Balaban J connectivity index is 1.02. The molecule has 1 aliphatic carbocycles. The summed E-state index contributed by atoms with van der Waals surface area (Å²) in [7, 11) is 1.62. The van der Waals surface area contributed by atoms with Crippen LogP contribution < -0.4 is 20.3 Å². The average molecular weight is 555 g/mol. The number of ether oxygens (including phenoxy) is 1. The van der Waals surface area contributed by atoms with Gasteiger partial charge in [-0.3, -0.25) is 9.78 Å². The first kappa shape index (κ1) is 27.5. The number of amides is 1. The van der Waals surface area contributed by atoms with Gasteiger partial charge in [0.1, 0.15) is 11.6 Å². The lowest BCUT2D eigenvalue weighted by Crippen LogP contribution is -2.48. The number of carbonyl (C=O) groups excluding carboxylic acids is 1. The standard InChI is InChI=1S/C33H42N6O2/c1-41-30-14-10-26(11-15-30)33(40)36-28-5-4-18-39(23-28)32-22-34-21-31(37-32)35-27-12-8-24(9-13-27)25-16-19-38(20-17-25)29-6-2-3-7-29/h8-15,21-22,25,28-29H,2-7,16-20,23H2,1H3,(H,35,37)(H,36,40)/t28-/m1/s1. The number of hydrogen-bond acceptors (Lipinski definition) is 7. The number of methoxy groups -OCH3 is 1. The van der Waals surface area contributed by atoms with E-state index in [2.05, 4.69) is 49.7 Å². The van der Waals surface area contributed by atoms with Crippen molar-refractivity contribution in [3.63, 3.8) is 0 Å². The second-order valence-corrected chi connectivity index (χ2v) is 11.7. The van der Waals surface area contributed by atoms with Gasteiger partial charge in [-0.2, -0.15) is 0 Å². The minimum atomic E-state index is -0.0659. The molecule has 3 fully saturated rings. The Morgan fingerprint density at radius 1 is 0.878 bits per heavy atom. The van der Waals surface area contributed by atoms with Gasteiger partial charge >= 0.3 is 0 Å². The molecule has 1 atom stereocenters. The van der Waals surface area contributed by atoms with Gasteiger partial charge < -0.3 is 25.2 Å². The van der Waals surface area contributed by atoms with Crippen LogP contribution in [-0.2, 0) is 0 Å². The van der Waals surface area contributed by atoms with E-state index in [0.717, 1.165) is 48.5 Å². The Labute approximate surface area is 243 Å². The number of carbonyl (C=O) groups is 1. The molecule has 0 unspecified atom stereocenters. The van der Waals surface area contributed by atoms with Gasteiger partial charge in [0.25, 0.3) is 5.91 Å². The lowest BCUT2D eigenvalue weighted by atomic mass is 9.88. The van der Waals surface area contributed by atoms with Crippen LogP contribution in [0.15, 0.2) is 60.9 Å². The van der Waals surface area contributed by atoms with Gasteiger partial charge in [0, 0.05) is 36.4 Å². The van der Waals surface area contributed by atoms with Crippen LogP contribution in [0.4, 0.5) is 17.3 Å². The molecule has 0 radical (unpaired) electrons. The Morgan fingerprint density at radius 2 is 1.63 bits per heavy atom. The third kappa shape index (κ3) is 6.81. The van der Waals surface area contributed by atoms with Gasteiger partial charge in [-0.15, -0.1) is 0 Å². The fraction of sp³-hybridized carbons (Fsp3) is 0.485. The van der Waals surface area contributed by atoms with Crippen LogP contribution in [-0.4, -0.2) is 66.1 Å². The Bertz CT molecular complexity index is 1280. The maximum atomic E-state index is 12.8. The van der Waals surface area contributed by atoms with Crippen LogP contribution in [0, 0.1) is 0 Å². The molecule has 1 saturated carbocycles. The number of piperidine rings is 2. The van der Waals surface area contributed by atoms with Gasteiger partial charge in [0.15, 0.2) is 5.82 Å². The van der Waals surface area contributed by atoms with E-state index in [0.29, 0.717) is 18.0 Å². The smallest absolute Gasteiger partial charge is 0.251 e. The Kier molecular flexibility index (Phi) is 8.65. The summed E-state index contributed by atoms with van der Waals surface area (Å²) in [4.78, 5) is 27.1. The summed E-state index contributed by atoms with van der Waals surface area (Å²) in [6, 6.07) is 17.0. The van der Waals surface area contributed by atoms with Crippen molar-refractivity contribution in [1.29, 1.82) is 0 Å². The van der Waals surface area contributed by atoms with E-state index in [9.17, 15) is 4.79 Å². The average Bonchev–Trinajstić information content (AvgIpc) is 3.57. The minimum Gasteiger partial charge on any atom is -0.497 e. The van der Waals surface area contributed by atoms with Crippen molar-refractivity contribution >= 4 is 23.2 Å². The van der Waals surface area contributed by atoms with E-state index < -0.39 is 0 Å². The molecule has 2 aromatic carbocycles. The van der Waals surface area contributed by atoms with E-state index in [-0.39, 0.29) is 11.9 Å². The molecule has 0 spiro atoms. The molecule has 6 rings (SSSR count). The Hall–Kier alpha value is -3.65. The van der Waals surface area contributed by atoms with Gasteiger partial charge in [-0.25, -0.2) is 4.98 Å². The van der Waals surface area contributed by atoms with Gasteiger partial charge in [0.2, 0.25) is 0 Å². The van der Waals surface area contributed by atoms with Crippen LogP contribution in [0.3, 0.4) is 0 Å². The normalized spacial score (nSPS) is 20.6. The monoisotopic (exact) mass is 554 g/mol. The molecule has 8 heteroatoms. The number of nitrogens with one attached hydrogen (secondary N) is 2. The highest BCUT2D eigenvalue weighted by Gasteiger charge is 2.28. The number of likely N-dealkylation sites (tertiary alicyclic amines) is 1. The summed E-state index contributed by atoms with van der Waals surface area (Å²) in [5, 5.41) is 6.63. The van der Waals surface area contributed by atoms with Crippen molar-refractivity contribution in [2.45, 2.75) is 69.4 Å². The lowest BCUT2D eigenvalue weighted by Gasteiger charge is -2.36. The van der Waals surface area contributed by atoms with E-state index in [1.54, 1.807) is 31.6 Å². The topological polar surface area (TPSA) is 82.6 Å². The molecule has 2 N–H and O–H groups in total. The van der Waals surface area contributed by atoms with Gasteiger partial charge in [0.05, 0.1) is 19.5 Å². The molecule has 1 amide bonds. The molecule has 216 valence electrons. The van der Waals surface area contributed by atoms with Crippen molar-refractivity contribution in [3.8, 4) is 5.75 Å². The van der Waals surface area contributed by atoms with E-state index >= 15 is 0 Å². The van der Waals surface area contributed by atoms with Crippen LogP contribution in [0.2, 0.25) is 0 Å².